The Morgan fingerprint density at radius 2 is 2.19 bits per heavy atom. The second-order valence-corrected chi connectivity index (χ2v) is 3.78. The van der Waals surface area contributed by atoms with E-state index >= 15 is 0 Å². The minimum atomic E-state index is 0.0690. The highest BCUT2D eigenvalue weighted by Crippen LogP contribution is 2.20. The van der Waals surface area contributed by atoms with Gasteiger partial charge in [-0.2, -0.15) is 5.26 Å². The highest BCUT2D eigenvalue weighted by molar-refractivity contribution is 5.83. The second kappa shape index (κ2) is 4.82. The van der Waals surface area contributed by atoms with Crippen molar-refractivity contribution in [3.05, 3.63) is 36.0 Å². The molecule has 0 saturated heterocycles. The molecule has 16 heavy (non-hydrogen) atoms. The molecular weight excluding hydrogens is 200 g/mol. The molecule has 0 aliphatic rings. The molecule has 1 heterocycles. The van der Waals surface area contributed by atoms with Crippen molar-refractivity contribution in [2.75, 3.05) is 0 Å². The summed E-state index contributed by atoms with van der Waals surface area (Å²) in [6, 6.07) is 10.1. The first-order valence-corrected chi connectivity index (χ1v) is 5.41. The van der Waals surface area contributed by atoms with Crippen LogP contribution in [0.25, 0.3) is 10.9 Å². The number of fused-ring (bicyclic) bond motifs is 1. The topological polar surface area (TPSA) is 49.0 Å². The molecule has 0 aliphatic carbocycles. The van der Waals surface area contributed by atoms with Crippen molar-refractivity contribution in [1.82, 2.24) is 4.57 Å². The van der Waals surface area contributed by atoms with E-state index in [2.05, 4.69) is 10.6 Å². The molecule has 0 radical (unpaired) electrons. The van der Waals surface area contributed by atoms with Crippen molar-refractivity contribution < 1.29 is 5.11 Å². The molecule has 0 aliphatic heterocycles. The second-order valence-electron chi connectivity index (χ2n) is 3.78. The fourth-order valence-electron chi connectivity index (χ4n) is 1.95. The summed E-state index contributed by atoms with van der Waals surface area (Å²) in [5.41, 5.74) is 2.08. The number of hydrogen-bond donors (Lipinski definition) is 1. The lowest BCUT2D eigenvalue weighted by atomic mass is 10.1. The summed E-state index contributed by atoms with van der Waals surface area (Å²) >= 11 is 0. The molecule has 2 aromatic rings. The van der Waals surface area contributed by atoms with Gasteiger partial charge in [0, 0.05) is 30.1 Å². The smallest absolute Gasteiger partial charge is 0.0688 e. The molecule has 3 nitrogen and oxygen atoms in total. The van der Waals surface area contributed by atoms with E-state index in [0.717, 1.165) is 29.4 Å². The molecule has 0 bridgehead atoms. The molecule has 1 aromatic heterocycles. The van der Waals surface area contributed by atoms with Crippen molar-refractivity contribution in [3.8, 4) is 6.07 Å². The van der Waals surface area contributed by atoms with E-state index in [0.29, 0.717) is 6.42 Å². The SMILES string of the molecule is N#CCCCn1ccc2c(CO)cccc21. The molecule has 0 amide bonds. The molecule has 0 atom stereocenters. The Morgan fingerprint density at radius 3 is 2.94 bits per heavy atom. The molecule has 0 unspecified atom stereocenters. The van der Waals surface area contributed by atoms with Crippen LogP contribution < -0.4 is 0 Å². The Bertz CT molecular complexity index is 522. The predicted octanol–water partition coefficient (Wildman–Crippen LogP) is 2.44. The number of unbranched alkanes of at least 4 members (excludes halogenated alkanes) is 1. The molecule has 82 valence electrons. The zero-order valence-electron chi connectivity index (χ0n) is 9.06. The van der Waals surface area contributed by atoms with Crippen molar-refractivity contribution >= 4 is 10.9 Å². The molecule has 3 heteroatoms. The quantitative estimate of drug-likeness (QED) is 0.795. The zero-order valence-corrected chi connectivity index (χ0v) is 9.06. The van der Waals surface area contributed by atoms with E-state index in [-0.39, 0.29) is 6.61 Å². The Labute approximate surface area is 94.5 Å². The molecule has 1 N–H and O–H groups in total. The van der Waals surface area contributed by atoms with E-state index in [1.165, 1.54) is 0 Å². The van der Waals surface area contributed by atoms with Crippen LogP contribution in [0, 0.1) is 11.3 Å². The number of hydrogen-bond acceptors (Lipinski definition) is 2. The molecule has 1 aromatic carbocycles. The van der Waals surface area contributed by atoms with Crippen LogP contribution in [0.3, 0.4) is 0 Å². The lowest BCUT2D eigenvalue weighted by molar-refractivity contribution is 0.283. The van der Waals surface area contributed by atoms with Crippen molar-refractivity contribution in [3.63, 3.8) is 0 Å². The fourth-order valence-corrected chi connectivity index (χ4v) is 1.95. The van der Waals surface area contributed by atoms with Gasteiger partial charge in [-0.3, -0.25) is 0 Å². The molecule has 0 saturated carbocycles. The maximum atomic E-state index is 9.21. The third-order valence-electron chi connectivity index (χ3n) is 2.76. The zero-order chi connectivity index (χ0) is 11.4. The van der Waals surface area contributed by atoms with Gasteiger partial charge in [0.25, 0.3) is 0 Å². The van der Waals surface area contributed by atoms with E-state index in [1.54, 1.807) is 0 Å². The first-order chi connectivity index (χ1) is 7.86. The lowest BCUT2D eigenvalue weighted by Crippen LogP contribution is -1.95. The van der Waals surface area contributed by atoms with Gasteiger partial charge in [0.1, 0.15) is 0 Å². The number of aliphatic hydroxyl groups is 1. The number of nitrogens with zero attached hydrogens (tertiary/aromatic N) is 2. The molecule has 2 rings (SSSR count). The Kier molecular flexibility index (Phi) is 3.23. The van der Waals surface area contributed by atoms with Gasteiger partial charge in [-0.25, -0.2) is 0 Å². The van der Waals surface area contributed by atoms with Crippen molar-refractivity contribution in [1.29, 1.82) is 5.26 Å². The maximum absolute atomic E-state index is 9.21. The van der Waals surface area contributed by atoms with E-state index in [9.17, 15) is 5.11 Å². The summed E-state index contributed by atoms with van der Waals surface area (Å²) < 4.78 is 2.13. The van der Waals surface area contributed by atoms with Crippen LogP contribution in [-0.4, -0.2) is 9.67 Å². The van der Waals surface area contributed by atoms with Crippen LogP contribution in [0.1, 0.15) is 18.4 Å². The van der Waals surface area contributed by atoms with Crippen LogP contribution in [0.4, 0.5) is 0 Å². The van der Waals surface area contributed by atoms with Crippen LogP contribution in [-0.2, 0) is 13.2 Å². The van der Waals surface area contributed by atoms with Crippen LogP contribution in [0.15, 0.2) is 30.5 Å². The van der Waals surface area contributed by atoms with Crippen molar-refractivity contribution in [2.45, 2.75) is 26.0 Å². The van der Waals surface area contributed by atoms with Crippen LogP contribution in [0.2, 0.25) is 0 Å². The number of aryl methyl sites for hydroxylation is 1. The Balaban J connectivity index is 2.31. The summed E-state index contributed by atoms with van der Waals surface area (Å²) in [5, 5.41) is 18.8. The van der Waals surface area contributed by atoms with Gasteiger partial charge < -0.3 is 9.67 Å². The first-order valence-electron chi connectivity index (χ1n) is 5.41. The normalized spacial score (nSPS) is 10.5. The standard InChI is InChI=1S/C13H14N2O/c14-7-1-2-8-15-9-6-12-11(10-16)4-3-5-13(12)15/h3-6,9,16H,1-2,8,10H2. The third-order valence-corrected chi connectivity index (χ3v) is 2.76. The maximum Gasteiger partial charge on any atom is 0.0688 e. The number of rotatable bonds is 4. The third kappa shape index (κ3) is 1.93. The van der Waals surface area contributed by atoms with Crippen molar-refractivity contribution in [2.24, 2.45) is 0 Å². The van der Waals surface area contributed by atoms with Gasteiger partial charge in [-0.15, -0.1) is 0 Å². The van der Waals surface area contributed by atoms with E-state index in [4.69, 9.17) is 5.26 Å². The molecule has 0 fully saturated rings. The van der Waals surface area contributed by atoms with Gasteiger partial charge in [0.05, 0.1) is 12.7 Å². The van der Waals surface area contributed by atoms with Gasteiger partial charge in [-0.05, 0) is 24.1 Å². The highest BCUT2D eigenvalue weighted by atomic mass is 16.3. The summed E-state index contributed by atoms with van der Waals surface area (Å²) in [6.45, 7) is 0.922. The minimum Gasteiger partial charge on any atom is -0.392 e. The van der Waals surface area contributed by atoms with Crippen LogP contribution in [0.5, 0.6) is 0 Å². The number of nitriles is 1. The monoisotopic (exact) mass is 214 g/mol. The van der Waals surface area contributed by atoms with Gasteiger partial charge in [-0.1, -0.05) is 12.1 Å². The van der Waals surface area contributed by atoms with E-state index < -0.39 is 0 Å². The Hall–Kier alpha value is -1.79. The van der Waals surface area contributed by atoms with E-state index in [1.807, 2.05) is 30.5 Å². The summed E-state index contributed by atoms with van der Waals surface area (Å²) in [6.07, 6.45) is 3.46. The number of aromatic nitrogens is 1. The largest absolute Gasteiger partial charge is 0.392 e. The van der Waals surface area contributed by atoms with Crippen LogP contribution >= 0.6 is 0 Å². The summed E-state index contributed by atoms with van der Waals surface area (Å²) in [5.74, 6) is 0. The number of aliphatic hydroxyl groups excluding tert-OH is 1. The fraction of sp³-hybridized carbons (Fsp3) is 0.308. The average molecular weight is 214 g/mol. The number of benzene rings is 1. The summed E-state index contributed by atoms with van der Waals surface area (Å²) in [7, 11) is 0. The van der Waals surface area contributed by atoms with Gasteiger partial charge in [0.15, 0.2) is 0 Å². The summed E-state index contributed by atoms with van der Waals surface area (Å²) in [4.78, 5) is 0. The van der Waals surface area contributed by atoms with Gasteiger partial charge >= 0.3 is 0 Å². The molecular formula is C13H14N2O. The minimum absolute atomic E-state index is 0.0690. The molecule has 0 spiro atoms. The first kappa shape index (κ1) is 10.7. The lowest BCUT2D eigenvalue weighted by Gasteiger charge is -2.04. The highest BCUT2D eigenvalue weighted by Gasteiger charge is 2.04. The average Bonchev–Trinajstić information content (AvgIpc) is 2.73. The Morgan fingerprint density at radius 1 is 1.31 bits per heavy atom. The predicted molar refractivity (Wildman–Crippen MR) is 62.7 cm³/mol. The van der Waals surface area contributed by atoms with Gasteiger partial charge in [0.2, 0.25) is 0 Å².